The van der Waals surface area contributed by atoms with E-state index in [1.54, 1.807) is 24.3 Å². The predicted octanol–water partition coefficient (Wildman–Crippen LogP) is 5.08. The van der Waals surface area contributed by atoms with Gasteiger partial charge >= 0.3 is 0 Å². The van der Waals surface area contributed by atoms with Gasteiger partial charge in [0.15, 0.2) is 11.5 Å². The Morgan fingerprint density at radius 2 is 1.05 bits per heavy atom. The molecule has 0 fully saturated rings. The maximum Gasteiger partial charge on any atom is 0.247 e. The molecule has 114 valence electrons. The predicted molar refractivity (Wildman–Crippen MR) is 85.1 cm³/mol. The summed E-state index contributed by atoms with van der Waals surface area (Å²) in [4.78, 5) is 0. The molecular formula is C14H24O4P2. The lowest BCUT2D eigenvalue weighted by Crippen LogP contribution is -2.02. The van der Waals surface area contributed by atoms with Crippen LogP contribution in [0.3, 0.4) is 0 Å². The van der Waals surface area contributed by atoms with Gasteiger partial charge in [-0.25, -0.2) is 0 Å². The van der Waals surface area contributed by atoms with Crippen molar-refractivity contribution in [2.45, 2.75) is 27.7 Å². The monoisotopic (exact) mass is 318 g/mol. The van der Waals surface area contributed by atoms with E-state index in [1.807, 2.05) is 27.7 Å². The summed E-state index contributed by atoms with van der Waals surface area (Å²) < 4.78 is 36.2. The van der Waals surface area contributed by atoms with Crippen LogP contribution in [-0.4, -0.2) is 24.6 Å². The largest absolute Gasteiger partial charge is 0.439 e. The molecule has 0 saturated heterocycles. The molecular weight excluding hydrogens is 294 g/mol. The highest BCUT2D eigenvalue weighted by Crippen LogP contribution is 2.52. The minimum absolute atomic E-state index is 0.418. The lowest BCUT2D eigenvalue weighted by atomic mass is 10.3. The van der Waals surface area contributed by atoms with Gasteiger partial charge in [0, 0.05) is 24.6 Å². The maximum absolute atomic E-state index is 12.4. The molecule has 0 saturated carbocycles. The van der Waals surface area contributed by atoms with E-state index < -0.39 is 14.7 Å². The fourth-order valence-corrected chi connectivity index (χ4v) is 4.09. The summed E-state index contributed by atoms with van der Waals surface area (Å²) >= 11 is 0. The van der Waals surface area contributed by atoms with Crippen molar-refractivity contribution >= 4 is 14.7 Å². The van der Waals surface area contributed by atoms with Crippen LogP contribution in [0.1, 0.15) is 27.7 Å². The van der Waals surface area contributed by atoms with Crippen molar-refractivity contribution < 1.29 is 18.2 Å². The third-order valence-corrected chi connectivity index (χ3v) is 8.22. The smallest absolute Gasteiger partial charge is 0.247 e. The second-order valence-electron chi connectivity index (χ2n) is 4.52. The van der Waals surface area contributed by atoms with Crippen LogP contribution in [0.2, 0.25) is 0 Å². The number of para-hydroxylation sites is 2. The third kappa shape index (κ3) is 4.40. The Hall–Kier alpha value is -0.720. The van der Waals surface area contributed by atoms with Gasteiger partial charge in [0.25, 0.3) is 0 Å². The fraction of sp³-hybridized carbons (Fsp3) is 0.571. The van der Waals surface area contributed by atoms with Crippen LogP contribution >= 0.6 is 14.7 Å². The van der Waals surface area contributed by atoms with Crippen molar-refractivity contribution in [3.63, 3.8) is 0 Å². The van der Waals surface area contributed by atoms with Gasteiger partial charge in [-0.1, -0.05) is 39.8 Å². The van der Waals surface area contributed by atoms with Gasteiger partial charge in [-0.2, -0.15) is 0 Å². The van der Waals surface area contributed by atoms with Gasteiger partial charge in [0.2, 0.25) is 14.7 Å². The van der Waals surface area contributed by atoms with Crippen LogP contribution in [0.15, 0.2) is 24.3 Å². The summed E-state index contributed by atoms with van der Waals surface area (Å²) in [6.45, 7) is 7.38. The summed E-state index contributed by atoms with van der Waals surface area (Å²) in [6.07, 6.45) is 1.88. The Bertz CT molecular complexity index is 465. The second kappa shape index (κ2) is 7.33. The third-order valence-electron chi connectivity index (χ3n) is 3.31. The molecule has 0 atom stereocenters. The summed E-state index contributed by atoms with van der Waals surface area (Å²) in [5.74, 6) is 0.836. The first-order chi connectivity index (χ1) is 9.42. The van der Waals surface area contributed by atoms with E-state index in [9.17, 15) is 9.13 Å². The highest BCUT2D eigenvalue weighted by atomic mass is 31.2. The molecule has 0 aliphatic rings. The Morgan fingerprint density at radius 1 is 0.750 bits per heavy atom. The molecule has 0 aliphatic carbocycles. The van der Waals surface area contributed by atoms with E-state index in [-0.39, 0.29) is 0 Å². The Balaban J connectivity index is 3.06. The van der Waals surface area contributed by atoms with Crippen molar-refractivity contribution in [3.05, 3.63) is 24.3 Å². The highest BCUT2D eigenvalue weighted by molar-refractivity contribution is 7.59. The van der Waals surface area contributed by atoms with Crippen molar-refractivity contribution in [1.29, 1.82) is 0 Å². The Kier molecular flexibility index (Phi) is 6.36. The van der Waals surface area contributed by atoms with Gasteiger partial charge in [0.05, 0.1) is 0 Å². The van der Waals surface area contributed by atoms with Gasteiger partial charge in [-0.3, -0.25) is 9.13 Å². The molecule has 0 aromatic heterocycles. The normalized spacial score (nSPS) is 12.2. The van der Waals surface area contributed by atoms with Gasteiger partial charge in [-0.05, 0) is 12.1 Å². The fourth-order valence-electron chi connectivity index (χ4n) is 1.66. The number of rotatable bonds is 8. The van der Waals surface area contributed by atoms with Crippen molar-refractivity contribution in [2.75, 3.05) is 24.6 Å². The zero-order chi connectivity index (χ0) is 15.2. The van der Waals surface area contributed by atoms with Crippen LogP contribution in [0.4, 0.5) is 0 Å². The van der Waals surface area contributed by atoms with E-state index in [0.29, 0.717) is 36.1 Å². The molecule has 1 rings (SSSR count). The van der Waals surface area contributed by atoms with Crippen LogP contribution in [0.5, 0.6) is 11.5 Å². The molecule has 20 heavy (non-hydrogen) atoms. The van der Waals surface area contributed by atoms with Crippen molar-refractivity contribution in [1.82, 2.24) is 0 Å². The molecule has 0 bridgehead atoms. The molecule has 1 aromatic carbocycles. The van der Waals surface area contributed by atoms with Crippen molar-refractivity contribution in [3.8, 4) is 11.5 Å². The molecule has 0 heterocycles. The molecule has 6 heteroatoms. The quantitative estimate of drug-likeness (QED) is 0.627. The molecule has 0 amide bonds. The van der Waals surface area contributed by atoms with Crippen molar-refractivity contribution in [2.24, 2.45) is 0 Å². The summed E-state index contributed by atoms with van der Waals surface area (Å²) in [5.41, 5.74) is 0. The van der Waals surface area contributed by atoms with Crippen LogP contribution in [0.25, 0.3) is 0 Å². The minimum Gasteiger partial charge on any atom is -0.439 e. The highest BCUT2D eigenvalue weighted by Gasteiger charge is 2.25. The molecule has 0 aliphatic heterocycles. The van der Waals surface area contributed by atoms with E-state index >= 15 is 0 Å². The zero-order valence-corrected chi connectivity index (χ0v) is 14.5. The Labute approximate surface area is 121 Å². The first-order valence-electron chi connectivity index (χ1n) is 7.06. The van der Waals surface area contributed by atoms with Crippen LogP contribution in [-0.2, 0) is 9.13 Å². The Morgan fingerprint density at radius 3 is 1.30 bits per heavy atom. The molecule has 4 nitrogen and oxygen atoms in total. The number of benzene rings is 1. The first-order valence-corrected chi connectivity index (χ1v) is 11.0. The summed E-state index contributed by atoms with van der Waals surface area (Å²) in [6, 6.07) is 7.01. The topological polar surface area (TPSA) is 52.6 Å². The summed E-state index contributed by atoms with van der Waals surface area (Å²) in [5, 5.41) is 0. The van der Waals surface area contributed by atoms with Gasteiger partial charge in [0.1, 0.15) is 0 Å². The van der Waals surface area contributed by atoms with Crippen LogP contribution < -0.4 is 9.05 Å². The van der Waals surface area contributed by atoms with Gasteiger partial charge in [-0.15, -0.1) is 0 Å². The lowest BCUT2D eigenvalue weighted by Gasteiger charge is -2.21. The second-order valence-corrected chi connectivity index (χ2v) is 10.7. The zero-order valence-electron chi connectivity index (χ0n) is 12.7. The van der Waals surface area contributed by atoms with Gasteiger partial charge < -0.3 is 9.05 Å². The number of hydrogen-bond donors (Lipinski definition) is 0. The molecule has 1 aromatic rings. The summed E-state index contributed by atoms with van der Waals surface area (Å²) in [7, 11) is -5.36. The lowest BCUT2D eigenvalue weighted by molar-refractivity contribution is 0.448. The maximum atomic E-state index is 12.4. The van der Waals surface area contributed by atoms with Crippen LogP contribution in [0, 0.1) is 0 Å². The minimum atomic E-state index is -2.68. The van der Waals surface area contributed by atoms with E-state index in [4.69, 9.17) is 9.05 Å². The van der Waals surface area contributed by atoms with E-state index in [0.717, 1.165) is 0 Å². The molecule has 0 spiro atoms. The molecule has 0 N–H and O–H groups in total. The molecule has 0 unspecified atom stereocenters. The SMILES string of the molecule is CCP(=O)(CC)Oc1ccccc1OP(=O)(CC)CC. The van der Waals surface area contributed by atoms with E-state index in [1.165, 1.54) is 0 Å². The average molecular weight is 318 g/mol. The standard InChI is InChI=1S/C14H24O4P2/c1-5-19(15,6-2)17-13-11-9-10-12-14(13)18-20(16,7-3)8-4/h9-12H,5-8H2,1-4H3. The molecule has 0 radical (unpaired) electrons. The van der Waals surface area contributed by atoms with E-state index in [2.05, 4.69) is 0 Å². The average Bonchev–Trinajstić information content (AvgIpc) is 2.49. The first kappa shape index (κ1) is 17.3. The number of hydrogen-bond acceptors (Lipinski definition) is 4.